The Morgan fingerprint density at radius 2 is 1.02 bits per heavy atom. The van der Waals surface area contributed by atoms with E-state index in [-0.39, 0.29) is 0 Å². The monoisotopic (exact) mass is 575 g/mol. The van der Waals surface area contributed by atoms with Crippen molar-refractivity contribution in [2.24, 2.45) is 0 Å². The van der Waals surface area contributed by atoms with Crippen LogP contribution in [-0.2, 0) is 0 Å². The number of nitrogens with zero attached hydrogens (tertiary/aromatic N) is 3. The smallest absolute Gasteiger partial charge is 0.164 e. The van der Waals surface area contributed by atoms with Gasteiger partial charge in [0.1, 0.15) is 11.5 Å². The van der Waals surface area contributed by atoms with Crippen LogP contribution in [0.4, 0.5) is 0 Å². The fraction of sp³-hybridized carbons (Fsp3) is 0. The van der Waals surface area contributed by atoms with Crippen molar-refractivity contribution in [1.29, 1.82) is 0 Å². The van der Waals surface area contributed by atoms with E-state index in [9.17, 15) is 0 Å². The van der Waals surface area contributed by atoms with E-state index in [1.807, 2.05) is 72.8 Å². The lowest BCUT2D eigenvalue weighted by Gasteiger charge is -2.24. The molecule has 0 N–H and O–H groups in total. The lowest BCUT2D eigenvalue weighted by molar-refractivity contribution is 0.487. The highest BCUT2D eigenvalue weighted by atomic mass is 16.5. The van der Waals surface area contributed by atoms with Crippen LogP contribution >= 0.6 is 0 Å². The molecule has 1 aliphatic rings. The van der Waals surface area contributed by atoms with Gasteiger partial charge >= 0.3 is 0 Å². The molecule has 0 saturated heterocycles. The van der Waals surface area contributed by atoms with E-state index in [4.69, 9.17) is 19.7 Å². The third-order valence-electron chi connectivity index (χ3n) is 8.52. The van der Waals surface area contributed by atoms with E-state index in [0.29, 0.717) is 17.5 Å². The molecular weight excluding hydrogens is 550 g/mol. The highest BCUT2D eigenvalue weighted by Crippen LogP contribution is 2.51. The first-order valence-corrected chi connectivity index (χ1v) is 15.0. The van der Waals surface area contributed by atoms with Crippen LogP contribution in [0.25, 0.3) is 78.0 Å². The second-order valence-corrected chi connectivity index (χ2v) is 11.2. The summed E-state index contributed by atoms with van der Waals surface area (Å²) in [7, 11) is 0. The van der Waals surface area contributed by atoms with Gasteiger partial charge in [-0.05, 0) is 51.0 Å². The number of fused-ring (bicyclic) bond motifs is 3. The summed E-state index contributed by atoms with van der Waals surface area (Å²) < 4.78 is 6.63. The normalized spacial score (nSPS) is 11.7. The number of hydrogen-bond donors (Lipinski definition) is 0. The molecule has 0 bridgehead atoms. The van der Waals surface area contributed by atoms with Gasteiger partial charge in [-0.1, -0.05) is 133 Å². The Morgan fingerprint density at radius 1 is 0.378 bits per heavy atom. The van der Waals surface area contributed by atoms with Crippen LogP contribution in [0.2, 0.25) is 0 Å². The maximum Gasteiger partial charge on any atom is 0.164 e. The van der Waals surface area contributed by atoms with Gasteiger partial charge in [0.2, 0.25) is 0 Å². The van der Waals surface area contributed by atoms with E-state index >= 15 is 0 Å². The molecule has 0 atom stereocenters. The molecule has 0 radical (unpaired) electrons. The minimum absolute atomic E-state index is 0.606. The molecule has 9 rings (SSSR count). The summed E-state index contributed by atoms with van der Waals surface area (Å²) in [5.74, 6) is 3.50. The molecule has 0 saturated carbocycles. The highest BCUT2D eigenvalue weighted by Gasteiger charge is 2.26. The van der Waals surface area contributed by atoms with Gasteiger partial charge in [-0.3, -0.25) is 0 Å². The summed E-state index contributed by atoms with van der Waals surface area (Å²) in [6, 6.07) is 52.2. The van der Waals surface area contributed by atoms with E-state index in [1.165, 1.54) is 21.9 Å². The van der Waals surface area contributed by atoms with Gasteiger partial charge in [-0.15, -0.1) is 0 Å². The van der Waals surface area contributed by atoms with Gasteiger partial charge in [0.15, 0.2) is 17.5 Å². The Hall–Kier alpha value is -6.13. The summed E-state index contributed by atoms with van der Waals surface area (Å²) in [5, 5.41) is 4.68. The molecular formula is C41H25N3O. The van der Waals surface area contributed by atoms with Crippen molar-refractivity contribution in [1.82, 2.24) is 15.0 Å². The van der Waals surface area contributed by atoms with Crippen molar-refractivity contribution in [3.8, 4) is 67.9 Å². The maximum absolute atomic E-state index is 6.63. The molecule has 7 aromatic carbocycles. The zero-order valence-electron chi connectivity index (χ0n) is 24.2. The number of rotatable bonds is 4. The van der Waals surface area contributed by atoms with Crippen molar-refractivity contribution in [3.63, 3.8) is 0 Å². The third-order valence-corrected chi connectivity index (χ3v) is 8.52. The van der Waals surface area contributed by atoms with Gasteiger partial charge in [0.05, 0.1) is 0 Å². The summed E-state index contributed by atoms with van der Waals surface area (Å²) in [6.45, 7) is 0. The van der Waals surface area contributed by atoms with Crippen molar-refractivity contribution >= 4 is 21.5 Å². The summed E-state index contributed by atoms with van der Waals surface area (Å²) in [6.07, 6.45) is 0. The second kappa shape index (κ2) is 10.2. The summed E-state index contributed by atoms with van der Waals surface area (Å²) in [5.41, 5.74) is 7.20. The molecule has 210 valence electrons. The molecule has 2 heterocycles. The molecule has 0 fully saturated rings. The quantitative estimate of drug-likeness (QED) is 0.209. The van der Waals surface area contributed by atoms with E-state index in [1.54, 1.807) is 0 Å². The first kappa shape index (κ1) is 25.4. The molecule has 8 aromatic rings. The second-order valence-electron chi connectivity index (χ2n) is 11.2. The number of aromatic nitrogens is 3. The fourth-order valence-electron chi connectivity index (χ4n) is 6.40. The SMILES string of the molecule is c1ccc(-c2nc(-c3ccccc3)nc(-c3cccc4c3-c3cccc5c(-c6ccc7ccccc7c6)ccc(c35)O4)n2)cc1. The van der Waals surface area contributed by atoms with Crippen LogP contribution in [0.1, 0.15) is 0 Å². The Kier molecular flexibility index (Phi) is 5.78. The van der Waals surface area contributed by atoms with Crippen LogP contribution in [-0.4, -0.2) is 15.0 Å². The largest absolute Gasteiger partial charge is 0.456 e. The first-order chi connectivity index (χ1) is 22.3. The van der Waals surface area contributed by atoms with Crippen LogP contribution in [0.15, 0.2) is 152 Å². The molecule has 45 heavy (non-hydrogen) atoms. The van der Waals surface area contributed by atoms with Crippen molar-refractivity contribution < 1.29 is 4.74 Å². The number of benzene rings is 7. The molecule has 1 aliphatic heterocycles. The minimum Gasteiger partial charge on any atom is -0.456 e. The lowest BCUT2D eigenvalue weighted by atomic mass is 9.88. The third kappa shape index (κ3) is 4.27. The molecule has 0 unspecified atom stereocenters. The molecule has 4 nitrogen and oxygen atoms in total. The summed E-state index contributed by atoms with van der Waals surface area (Å²) >= 11 is 0. The van der Waals surface area contributed by atoms with E-state index < -0.39 is 0 Å². The van der Waals surface area contributed by atoms with Gasteiger partial charge in [0, 0.05) is 27.6 Å². The van der Waals surface area contributed by atoms with E-state index in [2.05, 4.69) is 78.9 Å². The predicted octanol–water partition coefficient (Wildman–Crippen LogP) is 10.6. The van der Waals surface area contributed by atoms with Crippen molar-refractivity contribution in [3.05, 3.63) is 152 Å². The maximum atomic E-state index is 6.63. The Labute approximate surface area is 260 Å². The average molecular weight is 576 g/mol. The molecule has 0 amide bonds. The van der Waals surface area contributed by atoms with Gasteiger partial charge in [-0.2, -0.15) is 0 Å². The molecule has 0 spiro atoms. The molecule has 1 aromatic heterocycles. The Bertz CT molecular complexity index is 2340. The van der Waals surface area contributed by atoms with Gasteiger partial charge < -0.3 is 4.74 Å². The van der Waals surface area contributed by atoms with E-state index in [0.717, 1.165) is 50.1 Å². The van der Waals surface area contributed by atoms with Crippen LogP contribution < -0.4 is 4.74 Å². The number of hydrogen-bond acceptors (Lipinski definition) is 4. The number of ether oxygens (including phenoxy) is 1. The predicted molar refractivity (Wildman–Crippen MR) is 182 cm³/mol. The zero-order chi connectivity index (χ0) is 29.7. The van der Waals surface area contributed by atoms with Gasteiger partial charge in [0.25, 0.3) is 0 Å². The average Bonchev–Trinajstić information content (AvgIpc) is 3.12. The van der Waals surface area contributed by atoms with Crippen LogP contribution in [0.5, 0.6) is 11.5 Å². The summed E-state index contributed by atoms with van der Waals surface area (Å²) in [4.78, 5) is 15.0. The molecule has 0 aliphatic carbocycles. The molecule has 4 heteroatoms. The Morgan fingerprint density at radius 3 is 1.78 bits per heavy atom. The standard InChI is InChI=1S/C41H25N3O/c1-3-12-27(13-4-1)39-42-40(28-14-5-2-6-15-28)44-41(43-39)34-19-10-20-35-38(34)33-18-9-17-32-31(23-24-36(45-35)37(32)33)30-22-21-26-11-7-8-16-29(26)25-30/h1-25H. The minimum atomic E-state index is 0.606. The van der Waals surface area contributed by atoms with Crippen LogP contribution in [0.3, 0.4) is 0 Å². The first-order valence-electron chi connectivity index (χ1n) is 15.0. The van der Waals surface area contributed by atoms with Gasteiger partial charge in [-0.25, -0.2) is 15.0 Å². The van der Waals surface area contributed by atoms with Crippen LogP contribution in [0, 0.1) is 0 Å². The lowest BCUT2D eigenvalue weighted by Crippen LogP contribution is -2.03. The van der Waals surface area contributed by atoms with Crippen molar-refractivity contribution in [2.45, 2.75) is 0 Å². The van der Waals surface area contributed by atoms with Crippen molar-refractivity contribution in [2.75, 3.05) is 0 Å². The highest BCUT2D eigenvalue weighted by molar-refractivity contribution is 6.12. The fourth-order valence-corrected chi connectivity index (χ4v) is 6.40. The zero-order valence-corrected chi connectivity index (χ0v) is 24.2. The topological polar surface area (TPSA) is 47.9 Å². The Balaban J connectivity index is 1.27.